The molecule has 0 aliphatic carbocycles. The van der Waals surface area contributed by atoms with Crippen molar-refractivity contribution in [1.29, 1.82) is 0 Å². The summed E-state index contributed by atoms with van der Waals surface area (Å²) in [5.41, 5.74) is 0. The first-order chi connectivity index (χ1) is 4.33. The van der Waals surface area contributed by atoms with Gasteiger partial charge in [0.15, 0.2) is 0 Å². The van der Waals surface area contributed by atoms with Crippen LogP contribution in [0.4, 0.5) is 0 Å². The van der Waals surface area contributed by atoms with Gasteiger partial charge in [0.2, 0.25) is 0 Å². The van der Waals surface area contributed by atoms with Gasteiger partial charge in [-0.05, 0) is 25.9 Å². The maximum absolute atomic E-state index is 4.13. The smallest absolute Gasteiger partial charge is 0.0171 e. The van der Waals surface area contributed by atoms with Gasteiger partial charge in [0, 0.05) is 20.1 Å². The molecule has 0 N–H and O–H groups in total. The SMILES string of the molecule is C[N]CC1CCN(C)C1. The summed E-state index contributed by atoms with van der Waals surface area (Å²) < 4.78 is 0. The second-order valence-corrected chi connectivity index (χ2v) is 2.92. The lowest BCUT2D eigenvalue weighted by atomic mass is 10.1. The molecule has 2 nitrogen and oxygen atoms in total. The number of hydrogen-bond acceptors (Lipinski definition) is 1. The van der Waals surface area contributed by atoms with Gasteiger partial charge in [-0.25, -0.2) is 5.32 Å². The van der Waals surface area contributed by atoms with Crippen molar-refractivity contribution in [2.45, 2.75) is 6.42 Å². The third-order valence-corrected chi connectivity index (χ3v) is 1.93. The first-order valence-corrected chi connectivity index (χ1v) is 3.57. The Hall–Kier alpha value is -0.0800. The number of rotatable bonds is 2. The van der Waals surface area contributed by atoms with Gasteiger partial charge in [-0.2, -0.15) is 0 Å². The number of nitrogens with zero attached hydrogens (tertiary/aromatic N) is 2. The zero-order valence-electron chi connectivity index (χ0n) is 6.30. The van der Waals surface area contributed by atoms with Crippen molar-refractivity contribution in [3.05, 3.63) is 0 Å². The Kier molecular flexibility index (Phi) is 2.49. The second-order valence-electron chi connectivity index (χ2n) is 2.92. The minimum absolute atomic E-state index is 0.847. The molecular weight excluding hydrogens is 112 g/mol. The third kappa shape index (κ3) is 1.95. The van der Waals surface area contributed by atoms with Crippen LogP contribution < -0.4 is 5.32 Å². The van der Waals surface area contributed by atoms with E-state index >= 15 is 0 Å². The van der Waals surface area contributed by atoms with E-state index in [1.165, 1.54) is 19.5 Å². The average Bonchev–Trinajstić information content (AvgIpc) is 2.17. The molecule has 1 heterocycles. The van der Waals surface area contributed by atoms with E-state index in [2.05, 4.69) is 17.3 Å². The Morgan fingerprint density at radius 1 is 1.67 bits per heavy atom. The summed E-state index contributed by atoms with van der Waals surface area (Å²) >= 11 is 0. The largest absolute Gasteiger partial charge is 0.306 e. The Balaban J connectivity index is 2.14. The molecule has 1 atom stereocenters. The Labute approximate surface area is 57.2 Å². The Morgan fingerprint density at radius 2 is 2.44 bits per heavy atom. The van der Waals surface area contributed by atoms with Gasteiger partial charge < -0.3 is 4.90 Å². The van der Waals surface area contributed by atoms with Crippen LogP contribution in [-0.2, 0) is 0 Å². The summed E-state index contributed by atoms with van der Waals surface area (Å²) in [6.07, 6.45) is 1.34. The van der Waals surface area contributed by atoms with Crippen LogP contribution in [0.15, 0.2) is 0 Å². The quantitative estimate of drug-likeness (QED) is 0.517. The molecule has 2 heteroatoms. The fraction of sp³-hybridized carbons (Fsp3) is 1.00. The topological polar surface area (TPSA) is 17.3 Å². The summed E-state index contributed by atoms with van der Waals surface area (Å²) in [6.45, 7) is 3.57. The molecule has 1 saturated heterocycles. The maximum atomic E-state index is 4.13. The van der Waals surface area contributed by atoms with E-state index in [9.17, 15) is 0 Å². The van der Waals surface area contributed by atoms with Crippen LogP contribution in [0.3, 0.4) is 0 Å². The van der Waals surface area contributed by atoms with Crippen molar-refractivity contribution in [2.75, 3.05) is 33.7 Å². The molecule has 0 aromatic heterocycles. The van der Waals surface area contributed by atoms with Gasteiger partial charge in [0.05, 0.1) is 0 Å². The third-order valence-electron chi connectivity index (χ3n) is 1.93. The fourth-order valence-electron chi connectivity index (χ4n) is 1.43. The van der Waals surface area contributed by atoms with Crippen LogP contribution in [0, 0.1) is 5.92 Å². The molecule has 0 saturated carbocycles. The highest BCUT2D eigenvalue weighted by Crippen LogP contribution is 2.12. The summed E-state index contributed by atoms with van der Waals surface area (Å²) in [6, 6.07) is 0. The summed E-state index contributed by atoms with van der Waals surface area (Å²) in [7, 11) is 4.08. The first kappa shape index (κ1) is 7.03. The first-order valence-electron chi connectivity index (χ1n) is 3.57. The fourth-order valence-corrected chi connectivity index (χ4v) is 1.43. The highest BCUT2D eigenvalue weighted by atomic mass is 15.1. The molecule has 1 aliphatic heterocycles. The van der Waals surface area contributed by atoms with Crippen LogP contribution in [0.1, 0.15) is 6.42 Å². The maximum Gasteiger partial charge on any atom is 0.0171 e. The zero-order valence-corrected chi connectivity index (χ0v) is 6.30. The summed E-state index contributed by atoms with van der Waals surface area (Å²) in [4.78, 5) is 2.37. The highest BCUT2D eigenvalue weighted by molar-refractivity contribution is 4.73. The average molecular weight is 127 g/mol. The van der Waals surface area contributed by atoms with Gasteiger partial charge in [-0.3, -0.25) is 0 Å². The molecule has 1 aliphatic rings. The minimum Gasteiger partial charge on any atom is -0.306 e. The van der Waals surface area contributed by atoms with E-state index in [4.69, 9.17) is 0 Å². The van der Waals surface area contributed by atoms with Gasteiger partial charge in [-0.1, -0.05) is 0 Å². The normalized spacial score (nSPS) is 29.3. The van der Waals surface area contributed by atoms with E-state index in [1.54, 1.807) is 0 Å². The van der Waals surface area contributed by atoms with E-state index in [1.807, 2.05) is 7.05 Å². The van der Waals surface area contributed by atoms with Gasteiger partial charge in [0.25, 0.3) is 0 Å². The molecule has 53 valence electrons. The van der Waals surface area contributed by atoms with Gasteiger partial charge in [0.1, 0.15) is 0 Å². The Morgan fingerprint density at radius 3 is 2.89 bits per heavy atom. The molecule has 1 unspecified atom stereocenters. The van der Waals surface area contributed by atoms with Crippen LogP contribution >= 0.6 is 0 Å². The van der Waals surface area contributed by atoms with Crippen LogP contribution in [-0.4, -0.2) is 38.6 Å². The molecule has 0 bridgehead atoms. The van der Waals surface area contributed by atoms with Crippen molar-refractivity contribution in [2.24, 2.45) is 5.92 Å². The standard InChI is InChI=1S/C7H15N2/c1-8-5-7-3-4-9(2)6-7/h7H,3-6H2,1-2H3. The van der Waals surface area contributed by atoms with Crippen molar-refractivity contribution in [3.63, 3.8) is 0 Å². The number of likely N-dealkylation sites (tertiary alicyclic amines) is 1. The Bertz CT molecular complexity index is 81.0. The predicted molar refractivity (Wildman–Crippen MR) is 38.5 cm³/mol. The molecule has 9 heavy (non-hydrogen) atoms. The second kappa shape index (κ2) is 3.18. The van der Waals surface area contributed by atoms with Crippen LogP contribution in [0.25, 0.3) is 0 Å². The monoisotopic (exact) mass is 127 g/mol. The predicted octanol–water partition coefficient (Wildman–Crippen LogP) is 0.172. The highest BCUT2D eigenvalue weighted by Gasteiger charge is 2.17. The van der Waals surface area contributed by atoms with Crippen LogP contribution in [0.2, 0.25) is 0 Å². The number of hydrogen-bond donors (Lipinski definition) is 0. The summed E-state index contributed by atoms with van der Waals surface area (Å²) in [5.74, 6) is 0.847. The lowest BCUT2D eigenvalue weighted by Crippen LogP contribution is -2.18. The van der Waals surface area contributed by atoms with Crippen molar-refractivity contribution >= 4 is 0 Å². The van der Waals surface area contributed by atoms with E-state index in [0.717, 1.165) is 12.5 Å². The molecule has 1 radical (unpaired) electrons. The van der Waals surface area contributed by atoms with E-state index in [-0.39, 0.29) is 0 Å². The molecule has 0 spiro atoms. The van der Waals surface area contributed by atoms with Crippen molar-refractivity contribution in [1.82, 2.24) is 10.2 Å². The molecule has 1 rings (SSSR count). The van der Waals surface area contributed by atoms with E-state index < -0.39 is 0 Å². The molecule has 1 fully saturated rings. The summed E-state index contributed by atoms with van der Waals surface area (Å²) in [5, 5.41) is 4.13. The van der Waals surface area contributed by atoms with Crippen molar-refractivity contribution < 1.29 is 0 Å². The molecular formula is C7H15N2. The van der Waals surface area contributed by atoms with Crippen molar-refractivity contribution in [3.8, 4) is 0 Å². The molecule has 0 amide bonds. The van der Waals surface area contributed by atoms with Crippen LogP contribution in [0.5, 0.6) is 0 Å². The molecule has 0 aromatic carbocycles. The van der Waals surface area contributed by atoms with Gasteiger partial charge >= 0.3 is 0 Å². The molecule has 0 aromatic rings. The van der Waals surface area contributed by atoms with E-state index in [0.29, 0.717) is 0 Å². The minimum atomic E-state index is 0.847. The zero-order chi connectivity index (χ0) is 6.69. The lowest BCUT2D eigenvalue weighted by molar-refractivity contribution is 0.391. The van der Waals surface area contributed by atoms with Gasteiger partial charge in [-0.15, -0.1) is 0 Å². The lowest BCUT2D eigenvalue weighted by Gasteiger charge is -2.07.